The Hall–Kier alpha value is -3.27. The van der Waals surface area contributed by atoms with Crippen LogP contribution < -0.4 is 20.3 Å². The highest BCUT2D eigenvalue weighted by Gasteiger charge is 2.26. The molecular formula is C21H26FN7O2. The van der Waals surface area contributed by atoms with Crippen LogP contribution in [0.1, 0.15) is 36.8 Å². The van der Waals surface area contributed by atoms with Crippen molar-refractivity contribution in [1.82, 2.24) is 24.7 Å². The Labute approximate surface area is 179 Å². The molecule has 2 atom stereocenters. The quantitative estimate of drug-likeness (QED) is 0.645. The summed E-state index contributed by atoms with van der Waals surface area (Å²) < 4.78 is 21.5. The van der Waals surface area contributed by atoms with E-state index in [1.165, 1.54) is 16.7 Å². The fourth-order valence-electron chi connectivity index (χ4n) is 3.64. The SMILES string of the molecule is CCOc1nc(N2CC(C)NCC2C)ncc1C(=O)Nc1cc(F)c2nc(C)cn2c1. The Bertz CT molecular complexity index is 1120. The zero-order chi connectivity index (χ0) is 22.1. The van der Waals surface area contributed by atoms with E-state index in [0.717, 1.165) is 13.1 Å². The number of pyridine rings is 1. The molecule has 1 amide bonds. The van der Waals surface area contributed by atoms with Gasteiger partial charge in [0.1, 0.15) is 5.56 Å². The van der Waals surface area contributed by atoms with Gasteiger partial charge in [-0.2, -0.15) is 4.98 Å². The summed E-state index contributed by atoms with van der Waals surface area (Å²) in [5.41, 5.74) is 1.37. The molecule has 0 radical (unpaired) electrons. The molecule has 9 nitrogen and oxygen atoms in total. The van der Waals surface area contributed by atoms with Crippen molar-refractivity contribution in [3.63, 3.8) is 0 Å². The van der Waals surface area contributed by atoms with Gasteiger partial charge in [-0.3, -0.25) is 4.79 Å². The lowest BCUT2D eigenvalue weighted by Gasteiger charge is -2.37. The Kier molecular flexibility index (Phi) is 5.73. The number of ether oxygens (including phenoxy) is 1. The number of anilines is 2. The monoisotopic (exact) mass is 427 g/mol. The van der Waals surface area contributed by atoms with Crippen molar-refractivity contribution in [2.75, 3.05) is 29.9 Å². The number of halogens is 1. The summed E-state index contributed by atoms with van der Waals surface area (Å²) in [5, 5.41) is 6.12. The highest BCUT2D eigenvalue weighted by molar-refractivity contribution is 6.05. The van der Waals surface area contributed by atoms with Crippen LogP contribution in [-0.4, -0.2) is 57.0 Å². The van der Waals surface area contributed by atoms with E-state index in [9.17, 15) is 9.18 Å². The van der Waals surface area contributed by atoms with E-state index in [2.05, 4.69) is 44.3 Å². The van der Waals surface area contributed by atoms with Crippen LogP contribution in [0.2, 0.25) is 0 Å². The van der Waals surface area contributed by atoms with E-state index >= 15 is 0 Å². The van der Waals surface area contributed by atoms with Gasteiger partial charge in [0.05, 0.1) is 18.0 Å². The zero-order valence-corrected chi connectivity index (χ0v) is 18.0. The topological polar surface area (TPSA) is 96.7 Å². The molecule has 1 aliphatic heterocycles. The first-order chi connectivity index (χ1) is 14.9. The number of fused-ring (bicyclic) bond motifs is 1. The van der Waals surface area contributed by atoms with Crippen molar-refractivity contribution in [2.24, 2.45) is 0 Å². The van der Waals surface area contributed by atoms with E-state index in [4.69, 9.17) is 4.74 Å². The van der Waals surface area contributed by atoms with Crippen LogP contribution in [0.4, 0.5) is 16.0 Å². The molecule has 0 spiro atoms. The summed E-state index contributed by atoms with van der Waals surface area (Å²) in [5.74, 6) is -0.290. The summed E-state index contributed by atoms with van der Waals surface area (Å²) in [7, 11) is 0. The van der Waals surface area contributed by atoms with Gasteiger partial charge in [-0.15, -0.1) is 0 Å². The maximum Gasteiger partial charge on any atom is 0.262 e. The second-order valence-corrected chi connectivity index (χ2v) is 7.78. The molecule has 10 heteroatoms. The van der Waals surface area contributed by atoms with Gasteiger partial charge in [-0.25, -0.2) is 14.4 Å². The minimum absolute atomic E-state index is 0.184. The number of imidazole rings is 1. The molecule has 1 aliphatic rings. The minimum atomic E-state index is -0.524. The smallest absolute Gasteiger partial charge is 0.262 e. The summed E-state index contributed by atoms with van der Waals surface area (Å²) in [6.45, 7) is 9.70. The molecule has 0 aromatic carbocycles. The van der Waals surface area contributed by atoms with E-state index in [0.29, 0.717) is 30.0 Å². The number of nitrogens with zero attached hydrogens (tertiary/aromatic N) is 5. The van der Waals surface area contributed by atoms with Gasteiger partial charge in [-0.1, -0.05) is 0 Å². The highest BCUT2D eigenvalue weighted by Crippen LogP contribution is 2.23. The van der Waals surface area contributed by atoms with Crippen LogP contribution in [0, 0.1) is 12.7 Å². The number of carbonyl (C=O) groups excluding carboxylic acids is 1. The van der Waals surface area contributed by atoms with Crippen molar-refractivity contribution in [1.29, 1.82) is 0 Å². The second-order valence-electron chi connectivity index (χ2n) is 7.78. The number of hydrogen-bond donors (Lipinski definition) is 2. The number of hydrogen-bond acceptors (Lipinski definition) is 7. The van der Waals surface area contributed by atoms with E-state index in [-0.39, 0.29) is 23.1 Å². The minimum Gasteiger partial charge on any atom is -0.477 e. The third kappa shape index (κ3) is 4.29. The number of carbonyl (C=O) groups is 1. The van der Waals surface area contributed by atoms with Crippen LogP contribution in [0.25, 0.3) is 5.65 Å². The number of amides is 1. The molecule has 4 rings (SSSR count). The first kappa shape index (κ1) is 21.0. The van der Waals surface area contributed by atoms with E-state index in [1.807, 2.05) is 6.92 Å². The molecule has 3 aromatic rings. The number of rotatable bonds is 5. The average molecular weight is 427 g/mol. The van der Waals surface area contributed by atoms with Gasteiger partial charge in [0, 0.05) is 49.8 Å². The van der Waals surface area contributed by atoms with Gasteiger partial charge >= 0.3 is 0 Å². The Morgan fingerprint density at radius 3 is 2.94 bits per heavy atom. The zero-order valence-electron chi connectivity index (χ0n) is 18.0. The Morgan fingerprint density at radius 1 is 1.35 bits per heavy atom. The predicted octanol–water partition coefficient (Wildman–Crippen LogP) is 2.41. The summed E-state index contributed by atoms with van der Waals surface area (Å²) in [6, 6.07) is 1.74. The first-order valence-electron chi connectivity index (χ1n) is 10.3. The number of aromatic nitrogens is 4. The highest BCUT2D eigenvalue weighted by atomic mass is 19.1. The molecule has 3 aromatic heterocycles. The molecule has 2 N–H and O–H groups in total. The molecule has 164 valence electrons. The van der Waals surface area contributed by atoms with Crippen molar-refractivity contribution in [3.05, 3.63) is 41.7 Å². The second kappa shape index (κ2) is 8.46. The normalized spacial score (nSPS) is 18.9. The van der Waals surface area contributed by atoms with Crippen LogP contribution in [0.15, 0.2) is 24.7 Å². The first-order valence-corrected chi connectivity index (χ1v) is 10.3. The lowest BCUT2D eigenvalue weighted by Crippen LogP contribution is -2.55. The molecule has 0 aliphatic carbocycles. The van der Waals surface area contributed by atoms with Crippen molar-refractivity contribution in [3.8, 4) is 5.88 Å². The fourth-order valence-corrected chi connectivity index (χ4v) is 3.64. The third-order valence-electron chi connectivity index (χ3n) is 5.17. The summed E-state index contributed by atoms with van der Waals surface area (Å²) in [6.07, 6.45) is 4.75. The number of piperazine rings is 1. The lowest BCUT2D eigenvalue weighted by atomic mass is 10.1. The van der Waals surface area contributed by atoms with Crippen LogP contribution in [-0.2, 0) is 0 Å². The summed E-state index contributed by atoms with van der Waals surface area (Å²) in [4.78, 5) is 28.1. The number of aryl methyl sites for hydroxylation is 1. The van der Waals surface area contributed by atoms with Crippen LogP contribution in [0.3, 0.4) is 0 Å². The summed E-state index contributed by atoms with van der Waals surface area (Å²) >= 11 is 0. The van der Waals surface area contributed by atoms with Gasteiger partial charge in [0.25, 0.3) is 5.91 Å². The maximum absolute atomic E-state index is 14.3. The predicted molar refractivity (Wildman–Crippen MR) is 115 cm³/mol. The Balaban J connectivity index is 1.61. The van der Waals surface area contributed by atoms with E-state index in [1.54, 1.807) is 19.3 Å². The lowest BCUT2D eigenvalue weighted by molar-refractivity contribution is 0.102. The fraction of sp³-hybridized carbons (Fsp3) is 0.429. The molecule has 4 heterocycles. The van der Waals surface area contributed by atoms with Gasteiger partial charge < -0.3 is 24.7 Å². The van der Waals surface area contributed by atoms with Crippen molar-refractivity contribution < 1.29 is 13.9 Å². The van der Waals surface area contributed by atoms with Gasteiger partial charge in [-0.05, 0) is 27.7 Å². The Morgan fingerprint density at radius 2 is 2.16 bits per heavy atom. The van der Waals surface area contributed by atoms with Crippen molar-refractivity contribution in [2.45, 2.75) is 39.8 Å². The molecule has 0 bridgehead atoms. The van der Waals surface area contributed by atoms with E-state index < -0.39 is 11.7 Å². The van der Waals surface area contributed by atoms with Gasteiger partial charge in [0.2, 0.25) is 11.8 Å². The molecule has 2 unspecified atom stereocenters. The maximum atomic E-state index is 14.3. The molecule has 1 fully saturated rings. The standard InChI is InChI=1S/C21H26FN7O2/c1-5-31-20-16(8-24-21(27-20)29-10-12(2)23-7-14(29)4)19(30)26-15-6-17(22)18-25-13(3)9-28(18)11-15/h6,8-9,11-12,14,23H,5,7,10H2,1-4H3,(H,26,30). The molecular weight excluding hydrogens is 401 g/mol. The van der Waals surface area contributed by atoms with Crippen LogP contribution in [0.5, 0.6) is 5.88 Å². The molecule has 31 heavy (non-hydrogen) atoms. The largest absolute Gasteiger partial charge is 0.477 e. The third-order valence-corrected chi connectivity index (χ3v) is 5.17. The molecule has 1 saturated heterocycles. The average Bonchev–Trinajstić information content (AvgIpc) is 3.11. The number of nitrogens with one attached hydrogen (secondary N) is 2. The van der Waals surface area contributed by atoms with Crippen molar-refractivity contribution >= 4 is 23.2 Å². The van der Waals surface area contributed by atoms with Gasteiger partial charge in [0.15, 0.2) is 11.5 Å². The van der Waals surface area contributed by atoms with Crippen LogP contribution >= 0.6 is 0 Å². The molecule has 0 saturated carbocycles.